The summed E-state index contributed by atoms with van der Waals surface area (Å²) in [6.45, 7) is 1.11. The Kier molecular flexibility index (Phi) is 4.69. The van der Waals surface area contributed by atoms with Crippen LogP contribution in [0.4, 0.5) is 0 Å². The summed E-state index contributed by atoms with van der Waals surface area (Å²) >= 11 is 0. The summed E-state index contributed by atoms with van der Waals surface area (Å²) < 4.78 is 12.8. The number of carbonyl (C=O) groups excluding carboxylic acids is 1. The molecule has 1 aromatic carbocycles. The highest BCUT2D eigenvalue weighted by molar-refractivity contribution is 5.95. The molecule has 0 bridgehead atoms. The maximum atomic E-state index is 12.9. The molecule has 1 fully saturated rings. The minimum atomic E-state index is -0.145. The molecular formula is C19H19N5O3. The van der Waals surface area contributed by atoms with Gasteiger partial charge in [0, 0.05) is 43.3 Å². The van der Waals surface area contributed by atoms with Crippen LogP contribution in [0.5, 0.6) is 11.8 Å². The predicted octanol–water partition coefficient (Wildman–Crippen LogP) is 1.96. The number of carbonyl (C=O) groups is 1. The van der Waals surface area contributed by atoms with Crippen molar-refractivity contribution in [3.8, 4) is 17.4 Å². The van der Waals surface area contributed by atoms with E-state index in [1.807, 2.05) is 36.5 Å². The second-order valence-corrected chi connectivity index (χ2v) is 6.15. The van der Waals surface area contributed by atoms with E-state index < -0.39 is 0 Å². The van der Waals surface area contributed by atoms with Crippen molar-refractivity contribution in [1.29, 1.82) is 0 Å². The normalized spacial score (nSPS) is 16.3. The fraction of sp³-hybridized carbons (Fsp3) is 0.263. The van der Waals surface area contributed by atoms with Gasteiger partial charge in [-0.05, 0) is 24.3 Å². The first kappa shape index (κ1) is 17.0. The van der Waals surface area contributed by atoms with Crippen LogP contribution in [0.3, 0.4) is 0 Å². The standard InChI is InChI=1S/C19H19N5O3/c1-26-17-18(21-9-8-20-17)27-16-6-11-23(13-16)19(25)14-4-2-5-15(12-14)24-10-3-7-22-24/h2-5,7-10,12,16H,6,11,13H2,1H3. The first-order chi connectivity index (χ1) is 13.2. The largest absolute Gasteiger partial charge is 0.477 e. The Labute approximate surface area is 156 Å². The molecule has 0 saturated carbocycles. The van der Waals surface area contributed by atoms with Crippen molar-refractivity contribution in [2.24, 2.45) is 0 Å². The van der Waals surface area contributed by atoms with E-state index in [1.165, 1.54) is 7.11 Å². The van der Waals surface area contributed by atoms with Gasteiger partial charge in [0.05, 0.1) is 19.3 Å². The van der Waals surface area contributed by atoms with E-state index in [1.54, 1.807) is 28.2 Å². The maximum Gasteiger partial charge on any atom is 0.278 e. The summed E-state index contributed by atoms with van der Waals surface area (Å²) in [5.41, 5.74) is 1.47. The Morgan fingerprint density at radius 1 is 1.15 bits per heavy atom. The number of ether oxygens (including phenoxy) is 2. The first-order valence-electron chi connectivity index (χ1n) is 8.65. The number of benzene rings is 1. The van der Waals surface area contributed by atoms with Gasteiger partial charge >= 0.3 is 0 Å². The number of likely N-dealkylation sites (tertiary alicyclic amines) is 1. The quantitative estimate of drug-likeness (QED) is 0.687. The fourth-order valence-electron chi connectivity index (χ4n) is 3.09. The highest BCUT2D eigenvalue weighted by Crippen LogP contribution is 2.24. The number of nitrogens with zero attached hydrogens (tertiary/aromatic N) is 5. The van der Waals surface area contributed by atoms with Gasteiger partial charge in [-0.25, -0.2) is 14.6 Å². The van der Waals surface area contributed by atoms with E-state index in [9.17, 15) is 4.79 Å². The van der Waals surface area contributed by atoms with Crippen LogP contribution in [0.15, 0.2) is 55.1 Å². The zero-order chi connectivity index (χ0) is 18.6. The third-order valence-electron chi connectivity index (χ3n) is 4.40. The summed E-state index contributed by atoms with van der Waals surface area (Å²) in [4.78, 5) is 22.9. The number of hydrogen-bond acceptors (Lipinski definition) is 6. The summed E-state index contributed by atoms with van der Waals surface area (Å²) in [6.07, 6.45) is 7.23. The van der Waals surface area contributed by atoms with Gasteiger partial charge in [0.1, 0.15) is 6.10 Å². The molecular weight excluding hydrogens is 346 g/mol. The molecule has 3 heterocycles. The zero-order valence-corrected chi connectivity index (χ0v) is 14.9. The summed E-state index contributed by atoms with van der Waals surface area (Å²) in [6, 6.07) is 9.28. The summed E-state index contributed by atoms with van der Waals surface area (Å²) in [5.74, 6) is 0.662. The molecule has 3 aromatic rings. The molecule has 8 heteroatoms. The van der Waals surface area contributed by atoms with Crippen molar-refractivity contribution in [1.82, 2.24) is 24.6 Å². The van der Waals surface area contributed by atoms with Crippen LogP contribution in [0, 0.1) is 0 Å². The van der Waals surface area contributed by atoms with Crippen molar-refractivity contribution in [3.63, 3.8) is 0 Å². The molecule has 1 aliphatic heterocycles. The molecule has 8 nitrogen and oxygen atoms in total. The molecule has 1 atom stereocenters. The monoisotopic (exact) mass is 365 g/mol. The van der Waals surface area contributed by atoms with Gasteiger partial charge in [0.2, 0.25) is 0 Å². The molecule has 2 aromatic heterocycles. The third-order valence-corrected chi connectivity index (χ3v) is 4.40. The van der Waals surface area contributed by atoms with E-state index in [0.717, 1.165) is 12.1 Å². The topological polar surface area (TPSA) is 82.4 Å². The van der Waals surface area contributed by atoms with Gasteiger partial charge in [0.25, 0.3) is 17.7 Å². The molecule has 27 heavy (non-hydrogen) atoms. The molecule has 0 N–H and O–H groups in total. The van der Waals surface area contributed by atoms with Crippen molar-refractivity contribution < 1.29 is 14.3 Å². The van der Waals surface area contributed by atoms with Crippen LogP contribution in [-0.2, 0) is 0 Å². The Bertz CT molecular complexity index is 929. The molecule has 0 aliphatic carbocycles. The van der Waals surface area contributed by atoms with Gasteiger partial charge in [-0.2, -0.15) is 5.10 Å². The lowest BCUT2D eigenvalue weighted by Gasteiger charge is -2.18. The van der Waals surface area contributed by atoms with E-state index in [4.69, 9.17) is 9.47 Å². The van der Waals surface area contributed by atoms with Crippen molar-refractivity contribution in [2.75, 3.05) is 20.2 Å². The molecule has 1 saturated heterocycles. The van der Waals surface area contributed by atoms with E-state index >= 15 is 0 Å². The average Bonchev–Trinajstić information content (AvgIpc) is 3.40. The Morgan fingerprint density at radius 3 is 2.78 bits per heavy atom. The van der Waals surface area contributed by atoms with Gasteiger partial charge in [0.15, 0.2) is 0 Å². The van der Waals surface area contributed by atoms with Crippen LogP contribution in [0.1, 0.15) is 16.8 Å². The molecule has 4 rings (SSSR count). The Balaban J connectivity index is 1.44. The SMILES string of the molecule is COc1nccnc1OC1CCN(C(=O)c2cccc(-n3cccn3)c2)C1. The van der Waals surface area contributed by atoms with Crippen LogP contribution < -0.4 is 9.47 Å². The van der Waals surface area contributed by atoms with Gasteiger partial charge in [-0.15, -0.1) is 0 Å². The summed E-state index contributed by atoms with van der Waals surface area (Å²) in [5, 5.41) is 4.21. The van der Waals surface area contributed by atoms with Gasteiger partial charge < -0.3 is 14.4 Å². The van der Waals surface area contributed by atoms with Crippen molar-refractivity contribution in [2.45, 2.75) is 12.5 Å². The number of rotatable bonds is 5. The second kappa shape index (κ2) is 7.45. The van der Waals surface area contributed by atoms with Crippen LogP contribution in [-0.4, -0.2) is 56.9 Å². The smallest absolute Gasteiger partial charge is 0.278 e. The lowest BCUT2D eigenvalue weighted by molar-refractivity contribution is 0.0770. The predicted molar refractivity (Wildman–Crippen MR) is 97.1 cm³/mol. The Morgan fingerprint density at radius 2 is 2.00 bits per heavy atom. The Hall–Kier alpha value is -3.42. The zero-order valence-electron chi connectivity index (χ0n) is 14.9. The van der Waals surface area contributed by atoms with Gasteiger partial charge in [-0.1, -0.05) is 6.07 Å². The molecule has 138 valence electrons. The minimum Gasteiger partial charge on any atom is -0.477 e. The lowest BCUT2D eigenvalue weighted by Crippen LogP contribution is -2.31. The highest BCUT2D eigenvalue weighted by Gasteiger charge is 2.29. The number of hydrogen-bond donors (Lipinski definition) is 0. The van der Waals surface area contributed by atoms with E-state index in [-0.39, 0.29) is 12.0 Å². The lowest BCUT2D eigenvalue weighted by atomic mass is 10.2. The maximum absolute atomic E-state index is 12.9. The third kappa shape index (κ3) is 3.59. The molecule has 1 unspecified atom stereocenters. The molecule has 1 amide bonds. The average molecular weight is 365 g/mol. The van der Waals surface area contributed by atoms with Crippen LogP contribution in [0.2, 0.25) is 0 Å². The van der Waals surface area contributed by atoms with Crippen molar-refractivity contribution >= 4 is 5.91 Å². The number of aromatic nitrogens is 4. The van der Waals surface area contributed by atoms with Crippen LogP contribution in [0.25, 0.3) is 5.69 Å². The second-order valence-electron chi connectivity index (χ2n) is 6.15. The highest BCUT2D eigenvalue weighted by atomic mass is 16.5. The molecule has 1 aliphatic rings. The minimum absolute atomic E-state index is 0.0267. The van der Waals surface area contributed by atoms with E-state index in [2.05, 4.69) is 15.1 Å². The van der Waals surface area contributed by atoms with Crippen molar-refractivity contribution in [3.05, 3.63) is 60.7 Å². The number of methoxy groups -OCH3 is 1. The van der Waals surface area contributed by atoms with Gasteiger partial charge in [-0.3, -0.25) is 4.79 Å². The number of amides is 1. The molecule has 0 spiro atoms. The molecule has 0 radical (unpaired) electrons. The van der Waals surface area contributed by atoms with E-state index in [0.29, 0.717) is 30.4 Å². The fourth-order valence-corrected chi connectivity index (χ4v) is 3.09. The van der Waals surface area contributed by atoms with Crippen LogP contribution >= 0.6 is 0 Å². The summed E-state index contributed by atoms with van der Waals surface area (Å²) in [7, 11) is 1.52. The first-order valence-corrected chi connectivity index (χ1v) is 8.65.